The summed E-state index contributed by atoms with van der Waals surface area (Å²) in [4.78, 5) is 11.3. The van der Waals surface area contributed by atoms with Gasteiger partial charge in [0.05, 0.1) is 7.11 Å². The normalized spacial score (nSPS) is 12.2. The number of rotatable bonds is 4. The van der Waals surface area contributed by atoms with Gasteiger partial charge in [-0.25, -0.2) is 4.39 Å². The van der Waals surface area contributed by atoms with Gasteiger partial charge in [0.1, 0.15) is 6.04 Å². The lowest BCUT2D eigenvalue weighted by Crippen LogP contribution is -2.37. The standard InChI is InChI=1S/C11H14FNO3/c1-13-8(11(15)16-2)6-7-4-3-5-9(14)10(7)12/h3-5,8,13-14H,6H2,1-2H3. The molecule has 4 nitrogen and oxygen atoms in total. The molecule has 88 valence electrons. The van der Waals surface area contributed by atoms with Crippen molar-refractivity contribution in [1.82, 2.24) is 5.32 Å². The van der Waals surface area contributed by atoms with Crippen LogP contribution in [0.5, 0.6) is 5.75 Å². The van der Waals surface area contributed by atoms with Gasteiger partial charge in [0.25, 0.3) is 0 Å². The Hall–Kier alpha value is -1.62. The number of ether oxygens (including phenoxy) is 1. The number of carbonyl (C=O) groups excluding carboxylic acids is 1. The van der Waals surface area contributed by atoms with Crippen LogP contribution in [0.3, 0.4) is 0 Å². The predicted molar refractivity (Wildman–Crippen MR) is 56.6 cm³/mol. The van der Waals surface area contributed by atoms with Crippen LogP contribution >= 0.6 is 0 Å². The molecule has 2 N–H and O–H groups in total. The van der Waals surface area contributed by atoms with Crippen molar-refractivity contribution in [3.63, 3.8) is 0 Å². The van der Waals surface area contributed by atoms with Crippen LogP contribution in [0.4, 0.5) is 4.39 Å². The van der Waals surface area contributed by atoms with Crippen LogP contribution in [-0.4, -0.2) is 31.3 Å². The van der Waals surface area contributed by atoms with E-state index < -0.39 is 23.6 Å². The first-order chi connectivity index (χ1) is 7.60. The number of methoxy groups -OCH3 is 1. The van der Waals surface area contributed by atoms with Crippen LogP contribution in [0.25, 0.3) is 0 Å². The van der Waals surface area contributed by atoms with Crippen molar-refractivity contribution in [3.05, 3.63) is 29.6 Å². The molecule has 0 amide bonds. The maximum absolute atomic E-state index is 13.4. The molecule has 5 heteroatoms. The van der Waals surface area contributed by atoms with Gasteiger partial charge in [0.2, 0.25) is 0 Å². The Morgan fingerprint density at radius 1 is 1.62 bits per heavy atom. The molecule has 0 aliphatic carbocycles. The number of carbonyl (C=O) groups is 1. The zero-order chi connectivity index (χ0) is 12.1. The summed E-state index contributed by atoms with van der Waals surface area (Å²) in [5.41, 5.74) is 0.268. The molecule has 0 fully saturated rings. The highest BCUT2D eigenvalue weighted by Crippen LogP contribution is 2.19. The van der Waals surface area contributed by atoms with Crippen molar-refractivity contribution in [1.29, 1.82) is 0 Å². The van der Waals surface area contributed by atoms with Gasteiger partial charge >= 0.3 is 5.97 Å². The van der Waals surface area contributed by atoms with E-state index in [0.29, 0.717) is 0 Å². The van der Waals surface area contributed by atoms with Crippen molar-refractivity contribution in [2.75, 3.05) is 14.2 Å². The molecule has 0 aliphatic rings. The van der Waals surface area contributed by atoms with E-state index in [1.165, 1.54) is 25.3 Å². The number of nitrogens with one attached hydrogen (secondary N) is 1. The van der Waals surface area contributed by atoms with Gasteiger partial charge in [-0.2, -0.15) is 0 Å². The molecule has 1 aromatic rings. The lowest BCUT2D eigenvalue weighted by molar-refractivity contribution is -0.142. The number of halogens is 1. The summed E-state index contributed by atoms with van der Waals surface area (Å²) in [6.07, 6.45) is 0.128. The molecule has 0 saturated heterocycles. The van der Waals surface area contributed by atoms with Crippen LogP contribution in [0, 0.1) is 5.82 Å². The molecule has 0 saturated carbocycles. The van der Waals surface area contributed by atoms with E-state index in [2.05, 4.69) is 10.1 Å². The third-order valence-corrected chi connectivity index (χ3v) is 2.32. The average molecular weight is 227 g/mol. The molecule has 0 heterocycles. The van der Waals surface area contributed by atoms with Crippen LogP contribution in [0.2, 0.25) is 0 Å². The van der Waals surface area contributed by atoms with Crippen LogP contribution < -0.4 is 5.32 Å². The molecule has 0 aliphatic heterocycles. The summed E-state index contributed by atoms with van der Waals surface area (Å²) in [6, 6.07) is 3.67. The summed E-state index contributed by atoms with van der Waals surface area (Å²) in [5, 5.41) is 11.9. The van der Waals surface area contributed by atoms with Crippen molar-refractivity contribution in [3.8, 4) is 5.75 Å². The molecule has 0 radical (unpaired) electrons. The van der Waals surface area contributed by atoms with Crippen LogP contribution in [0.15, 0.2) is 18.2 Å². The Balaban J connectivity index is 2.86. The van der Waals surface area contributed by atoms with E-state index in [4.69, 9.17) is 5.11 Å². The zero-order valence-corrected chi connectivity index (χ0v) is 9.16. The summed E-state index contributed by atoms with van der Waals surface area (Å²) in [5.74, 6) is -1.59. The molecular weight excluding hydrogens is 213 g/mol. The van der Waals surface area contributed by atoms with Crippen molar-refractivity contribution in [2.45, 2.75) is 12.5 Å². The lowest BCUT2D eigenvalue weighted by atomic mass is 10.1. The third-order valence-electron chi connectivity index (χ3n) is 2.32. The number of hydrogen-bond donors (Lipinski definition) is 2. The Bertz CT molecular complexity index is 381. The highest BCUT2D eigenvalue weighted by atomic mass is 19.1. The number of phenols is 1. The number of esters is 1. The number of benzene rings is 1. The van der Waals surface area contributed by atoms with E-state index >= 15 is 0 Å². The molecule has 0 bridgehead atoms. The third kappa shape index (κ3) is 2.70. The van der Waals surface area contributed by atoms with Crippen LogP contribution in [-0.2, 0) is 16.0 Å². The minimum atomic E-state index is -0.702. The zero-order valence-electron chi connectivity index (χ0n) is 9.16. The van der Waals surface area contributed by atoms with Gasteiger partial charge in [0.15, 0.2) is 11.6 Å². The fourth-order valence-corrected chi connectivity index (χ4v) is 1.39. The predicted octanol–water partition coefficient (Wildman–Crippen LogP) is 0.835. The first kappa shape index (κ1) is 12.4. The summed E-state index contributed by atoms with van der Waals surface area (Å²) in [6.45, 7) is 0. The largest absolute Gasteiger partial charge is 0.505 e. The first-order valence-electron chi connectivity index (χ1n) is 4.81. The van der Waals surface area contributed by atoms with Gasteiger partial charge in [0, 0.05) is 6.42 Å². The second-order valence-electron chi connectivity index (χ2n) is 3.32. The van der Waals surface area contributed by atoms with Gasteiger partial charge in [-0.3, -0.25) is 4.79 Å². The smallest absolute Gasteiger partial charge is 0.323 e. The highest BCUT2D eigenvalue weighted by molar-refractivity contribution is 5.76. The monoisotopic (exact) mass is 227 g/mol. The molecular formula is C11H14FNO3. The second-order valence-corrected chi connectivity index (χ2v) is 3.32. The minimum absolute atomic E-state index is 0.128. The van der Waals surface area contributed by atoms with Gasteiger partial charge in [-0.15, -0.1) is 0 Å². The first-order valence-corrected chi connectivity index (χ1v) is 4.81. The molecule has 1 atom stereocenters. The quantitative estimate of drug-likeness (QED) is 0.748. The molecule has 1 aromatic carbocycles. The minimum Gasteiger partial charge on any atom is -0.505 e. The Labute approximate surface area is 93.0 Å². The number of aromatic hydroxyl groups is 1. The molecule has 16 heavy (non-hydrogen) atoms. The highest BCUT2D eigenvalue weighted by Gasteiger charge is 2.19. The maximum atomic E-state index is 13.4. The van der Waals surface area contributed by atoms with Crippen molar-refractivity contribution >= 4 is 5.97 Å². The van der Waals surface area contributed by atoms with Crippen molar-refractivity contribution in [2.24, 2.45) is 0 Å². The molecule has 0 aromatic heterocycles. The van der Waals surface area contributed by atoms with Gasteiger partial charge in [-0.05, 0) is 18.7 Å². The maximum Gasteiger partial charge on any atom is 0.323 e. The molecule has 1 rings (SSSR count). The van der Waals surface area contributed by atoms with E-state index in [9.17, 15) is 9.18 Å². The molecule has 0 spiro atoms. The summed E-state index contributed by atoms with van der Waals surface area (Å²) < 4.78 is 18.0. The van der Waals surface area contributed by atoms with E-state index in [1.54, 1.807) is 7.05 Å². The van der Waals surface area contributed by atoms with Gasteiger partial charge in [-0.1, -0.05) is 12.1 Å². The Kier molecular flexibility index (Phi) is 4.25. The summed E-state index contributed by atoms with van der Waals surface area (Å²) >= 11 is 0. The average Bonchev–Trinajstić information content (AvgIpc) is 2.30. The van der Waals surface area contributed by atoms with E-state index in [1.807, 2.05) is 0 Å². The Morgan fingerprint density at radius 2 is 2.31 bits per heavy atom. The number of phenolic OH excluding ortho intramolecular Hbond substituents is 1. The van der Waals surface area contributed by atoms with Crippen molar-refractivity contribution < 1.29 is 19.0 Å². The molecule has 1 unspecified atom stereocenters. The fourth-order valence-electron chi connectivity index (χ4n) is 1.39. The SMILES string of the molecule is CNC(Cc1cccc(O)c1F)C(=O)OC. The second kappa shape index (κ2) is 5.46. The Morgan fingerprint density at radius 3 is 2.88 bits per heavy atom. The topological polar surface area (TPSA) is 58.6 Å². The number of likely N-dealkylation sites (N-methyl/N-ethyl adjacent to an activating group) is 1. The lowest BCUT2D eigenvalue weighted by Gasteiger charge is -2.14. The van der Waals surface area contributed by atoms with E-state index in [-0.39, 0.29) is 12.0 Å². The van der Waals surface area contributed by atoms with E-state index in [0.717, 1.165) is 0 Å². The van der Waals surface area contributed by atoms with Crippen LogP contribution in [0.1, 0.15) is 5.56 Å². The summed E-state index contributed by atoms with van der Waals surface area (Å²) in [7, 11) is 2.85. The van der Waals surface area contributed by atoms with Gasteiger partial charge < -0.3 is 15.2 Å². The number of hydrogen-bond acceptors (Lipinski definition) is 4. The fraction of sp³-hybridized carbons (Fsp3) is 0.364.